The molecule has 5 aromatic rings. The van der Waals surface area contributed by atoms with E-state index in [2.05, 4.69) is 37.2 Å². The number of Topliss-reactive ketones (excluding diaryl/α,β-unsaturated/α-hetero) is 1. The van der Waals surface area contributed by atoms with Crippen molar-refractivity contribution in [2.24, 2.45) is 13.0 Å². The Balaban J connectivity index is 1.23. The number of likely N-dealkylation sites (tertiary alicyclic amines) is 1. The molecule has 1 fully saturated rings. The van der Waals surface area contributed by atoms with Crippen LogP contribution >= 0.6 is 0 Å². The summed E-state index contributed by atoms with van der Waals surface area (Å²) in [6.45, 7) is 2.58. The number of benzene rings is 1. The highest BCUT2D eigenvalue weighted by Crippen LogP contribution is 2.37. The quantitative estimate of drug-likeness (QED) is 0.267. The van der Waals surface area contributed by atoms with Crippen molar-refractivity contribution in [2.45, 2.75) is 25.7 Å². The van der Waals surface area contributed by atoms with Crippen LogP contribution in [-0.4, -0.2) is 64.0 Å². The molecule has 10 nitrogen and oxygen atoms in total. The molecule has 39 heavy (non-hydrogen) atoms. The Kier molecular flexibility index (Phi) is 6.26. The average molecular weight is 527 g/mol. The van der Waals surface area contributed by atoms with E-state index < -0.39 is 17.5 Å². The van der Waals surface area contributed by atoms with Crippen LogP contribution in [0.3, 0.4) is 0 Å². The predicted octanol–water partition coefficient (Wildman–Crippen LogP) is 3.58. The van der Waals surface area contributed by atoms with Crippen LogP contribution in [0.25, 0.3) is 16.7 Å². The van der Waals surface area contributed by atoms with Crippen LogP contribution < -0.4 is 0 Å². The Morgan fingerprint density at radius 3 is 2.54 bits per heavy atom. The summed E-state index contributed by atoms with van der Waals surface area (Å²) in [6, 6.07) is 10.2. The van der Waals surface area contributed by atoms with Crippen LogP contribution in [0.5, 0.6) is 0 Å². The van der Waals surface area contributed by atoms with Gasteiger partial charge in [0.2, 0.25) is 0 Å². The van der Waals surface area contributed by atoms with Crippen LogP contribution in [0.4, 0.5) is 4.39 Å². The molecule has 11 heteroatoms. The summed E-state index contributed by atoms with van der Waals surface area (Å²) in [5, 5.41) is 4.24. The third kappa shape index (κ3) is 4.39. The van der Waals surface area contributed by atoms with Crippen molar-refractivity contribution >= 4 is 22.6 Å². The van der Waals surface area contributed by atoms with Gasteiger partial charge in [0.15, 0.2) is 11.6 Å². The Morgan fingerprint density at radius 2 is 1.87 bits per heavy atom. The van der Waals surface area contributed by atoms with Gasteiger partial charge < -0.3 is 14.5 Å². The molecular weight excluding hydrogens is 499 g/mol. The van der Waals surface area contributed by atoms with E-state index in [4.69, 9.17) is 0 Å². The molecule has 198 valence electrons. The second-order valence-electron chi connectivity index (χ2n) is 9.86. The first kappa shape index (κ1) is 24.7. The molecule has 5 heterocycles. The number of aromatic nitrogens is 7. The van der Waals surface area contributed by atoms with Crippen molar-refractivity contribution in [3.63, 3.8) is 0 Å². The van der Waals surface area contributed by atoms with Gasteiger partial charge in [-0.15, -0.1) is 0 Å². The number of aromatic amines is 1. The fraction of sp³-hybridized carbons (Fsp3) is 0.286. The lowest BCUT2D eigenvalue weighted by Gasteiger charge is -2.35. The molecule has 0 bridgehead atoms. The van der Waals surface area contributed by atoms with E-state index in [1.165, 1.54) is 22.8 Å². The maximum Gasteiger partial charge on any atom is 0.295 e. The van der Waals surface area contributed by atoms with Crippen LogP contribution in [0.1, 0.15) is 46.3 Å². The van der Waals surface area contributed by atoms with E-state index in [1.807, 2.05) is 36.0 Å². The Bertz CT molecular complexity index is 1660. The number of piperidine rings is 1. The lowest BCUT2D eigenvalue weighted by molar-refractivity contribution is -0.127. The first-order chi connectivity index (χ1) is 18.9. The third-order valence-electron chi connectivity index (χ3n) is 7.50. The summed E-state index contributed by atoms with van der Waals surface area (Å²) in [5.41, 5.74) is 1.43. The molecule has 0 saturated carbocycles. The van der Waals surface area contributed by atoms with Crippen molar-refractivity contribution in [2.75, 3.05) is 13.1 Å². The summed E-state index contributed by atoms with van der Waals surface area (Å²) in [4.78, 5) is 44.0. The number of fused-ring (bicyclic) bond motifs is 1. The number of amides is 1. The summed E-state index contributed by atoms with van der Waals surface area (Å²) in [6.07, 6.45) is 9.02. The number of carbonyl (C=O) groups is 2. The molecule has 6 rings (SSSR count). The topological polar surface area (TPSA) is 115 Å². The predicted molar refractivity (Wildman–Crippen MR) is 141 cm³/mol. The van der Waals surface area contributed by atoms with Gasteiger partial charge in [-0.25, -0.2) is 24.0 Å². The largest absolute Gasteiger partial charge is 0.357 e. The van der Waals surface area contributed by atoms with Gasteiger partial charge in [-0.05, 0) is 31.2 Å². The number of halogens is 1. The number of H-pyrrole nitrogens is 1. The summed E-state index contributed by atoms with van der Waals surface area (Å²) in [5.74, 6) is 0.0248. The summed E-state index contributed by atoms with van der Waals surface area (Å²) >= 11 is 0. The van der Waals surface area contributed by atoms with Crippen molar-refractivity contribution in [1.29, 1.82) is 0 Å². The molecule has 1 unspecified atom stereocenters. The minimum Gasteiger partial charge on any atom is -0.357 e. The minimum atomic E-state index is -0.755. The van der Waals surface area contributed by atoms with Crippen LogP contribution in [0, 0.1) is 18.7 Å². The molecular formula is C28H27FN8O2. The van der Waals surface area contributed by atoms with Crippen LogP contribution in [0.2, 0.25) is 0 Å². The maximum absolute atomic E-state index is 14.9. The van der Waals surface area contributed by atoms with E-state index in [9.17, 15) is 14.0 Å². The van der Waals surface area contributed by atoms with E-state index >= 15 is 0 Å². The average Bonchev–Trinajstić information content (AvgIpc) is 3.70. The first-order valence-corrected chi connectivity index (χ1v) is 12.8. The fourth-order valence-corrected chi connectivity index (χ4v) is 5.56. The number of nitrogens with one attached hydrogen (secondary N) is 1. The number of hydrogen-bond donors (Lipinski definition) is 1. The molecule has 0 aliphatic carbocycles. The van der Waals surface area contributed by atoms with Gasteiger partial charge in [-0.3, -0.25) is 9.59 Å². The normalized spacial score (nSPS) is 15.1. The molecule has 1 saturated heterocycles. The molecule has 1 aliphatic rings. The van der Waals surface area contributed by atoms with Gasteiger partial charge in [-0.2, -0.15) is 5.10 Å². The second kappa shape index (κ2) is 9.90. The highest BCUT2D eigenvalue weighted by atomic mass is 19.1. The second-order valence-corrected chi connectivity index (χ2v) is 9.86. The number of imidazole rings is 1. The number of carbonyl (C=O) groups excluding carboxylic acids is 2. The number of ketones is 1. The van der Waals surface area contributed by atoms with Crippen molar-refractivity contribution in [3.8, 4) is 5.82 Å². The third-order valence-corrected chi connectivity index (χ3v) is 7.50. The molecule has 1 atom stereocenters. The zero-order chi connectivity index (χ0) is 27.1. The van der Waals surface area contributed by atoms with Crippen LogP contribution in [-0.2, 0) is 11.8 Å². The minimum absolute atomic E-state index is 0.0142. The van der Waals surface area contributed by atoms with Gasteiger partial charge in [0, 0.05) is 44.6 Å². The van der Waals surface area contributed by atoms with E-state index in [-0.39, 0.29) is 28.3 Å². The van der Waals surface area contributed by atoms with Gasteiger partial charge in [0.1, 0.15) is 18.0 Å². The first-order valence-electron chi connectivity index (χ1n) is 12.8. The van der Waals surface area contributed by atoms with E-state index in [0.29, 0.717) is 37.6 Å². The standard InChI is InChI=1S/C28H27FN8O2/c1-17-33-16-37(34-17)27-24-23(21(29)15-32-27)20(14-31-24)25(38)28(39)36-11-8-19(9-12-36)22(18-6-4-3-5-7-18)26-30-10-13-35(26)2/h3-7,10,13-16,19,22,31H,8-9,11-12H2,1-2H3. The zero-order valence-corrected chi connectivity index (χ0v) is 21.6. The molecule has 0 radical (unpaired) electrons. The molecule has 0 spiro atoms. The Labute approximate surface area is 223 Å². The summed E-state index contributed by atoms with van der Waals surface area (Å²) in [7, 11) is 1.99. The summed E-state index contributed by atoms with van der Waals surface area (Å²) < 4.78 is 18.3. The molecule has 4 aromatic heterocycles. The number of rotatable bonds is 6. The highest BCUT2D eigenvalue weighted by Gasteiger charge is 2.35. The van der Waals surface area contributed by atoms with Crippen molar-refractivity contribution in [1.82, 2.24) is 39.2 Å². The van der Waals surface area contributed by atoms with Gasteiger partial charge >= 0.3 is 0 Å². The number of nitrogens with zero attached hydrogens (tertiary/aromatic N) is 7. The van der Waals surface area contributed by atoms with E-state index in [0.717, 1.165) is 12.0 Å². The zero-order valence-electron chi connectivity index (χ0n) is 21.6. The smallest absolute Gasteiger partial charge is 0.295 e. The molecule has 1 amide bonds. The van der Waals surface area contributed by atoms with E-state index in [1.54, 1.807) is 18.0 Å². The molecule has 1 aromatic carbocycles. The van der Waals surface area contributed by atoms with Gasteiger partial charge in [0.05, 0.1) is 22.7 Å². The maximum atomic E-state index is 14.9. The lowest BCUT2D eigenvalue weighted by Crippen LogP contribution is -2.43. The molecule has 1 N–H and O–H groups in total. The Hall–Kier alpha value is -4.67. The Morgan fingerprint density at radius 1 is 1.10 bits per heavy atom. The van der Waals surface area contributed by atoms with Crippen molar-refractivity contribution in [3.05, 3.63) is 90.0 Å². The monoisotopic (exact) mass is 526 g/mol. The lowest BCUT2D eigenvalue weighted by atomic mass is 9.79. The van der Waals surface area contributed by atoms with Gasteiger partial charge in [0.25, 0.3) is 11.7 Å². The SMILES string of the molecule is Cc1ncn(-c2ncc(F)c3c(C(=O)C(=O)N4CCC(C(c5ccccc5)c5nccn5C)CC4)c[nH]c23)n1. The molecule has 1 aliphatic heterocycles. The van der Waals surface area contributed by atoms with Crippen molar-refractivity contribution < 1.29 is 14.0 Å². The van der Waals surface area contributed by atoms with Crippen LogP contribution in [0.15, 0.2) is 61.4 Å². The van der Waals surface area contributed by atoms with Gasteiger partial charge in [-0.1, -0.05) is 30.3 Å². The number of aryl methyl sites for hydroxylation is 2. The number of pyridine rings is 1. The highest BCUT2D eigenvalue weighted by molar-refractivity contribution is 6.45. The number of hydrogen-bond acceptors (Lipinski definition) is 6. The fourth-order valence-electron chi connectivity index (χ4n) is 5.56.